The van der Waals surface area contributed by atoms with E-state index in [2.05, 4.69) is 5.32 Å². The fraction of sp³-hybridized carbons (Fsp3) is 0.385. The molecule has 6 nitrogen and oxygen atoms in total. The van der Waals surface area contributed by atoms with E-state index in [0.29, 0.717) is 12.2 Å². The summed E-state index contributed by atoms with van der Waals surface area (Å²) in [5.41, 5.74) is 5.71. The fourth-order valence-corrected chi connectivity index (χ4v) is 1.63. The van der Waals surface area contributed by atoms with Crippen molar-refractivity contribution in [3.8, 4) is 5.75 Å². The molecule has 19 heavy (non-hydrogen) atoms. The van der Waals surface area contributed by atoms with Gasteiger partial charge in [-0.25, -0.2) is 4.79 Å². The highest BCUT2D eigenvalue weighted by Gasteiger charge is 2.18. The molecule has 0 heterocycles. The van der Waals surface area contributed by atoms with E-state index in [4.69, 9.17) is 15.6 Å². The van der Waals surface area contributed by atoms with Crippen molar-refractivity contribution in [1.82, 2.24) is 0 Å². The number of ether oxygens (including phenoxy) is 1. The molecule has 0 saturated heterocycles. The van der Waals surface area contributed by atoms with Crippen molar-refractivity contribution >= 4 is 17.6 Å². The van der Waals surface area contributed by atoms with E-state index in [1.54, 1.807) is 6.07 Å². The first-order valence-corrected chi connectivity index (χ1v) is 5.95. The highest BCUT2D eigenvalue weighted by Crippen LogP contribution is 2.22. The average Bonchev–Trinajstić information content (AvgIpc) is 2.40. The molecule has 1 rings (SSSR count). The van der Waals surface area contributed by atoms with Gasteiger partial charge in [-0.15, -0.1) is 0 Å². The first-order valence-electron chi connectivity index (χ1n) is 5.95. The van der Waals surface area contributed by atoms with Crippen LogP contribution in [0, 0.1) is 5.92 Å². The van der Waals surface area contributed by atoms with E-state index in [1.165, 1.54) is 19.2 Å². The van der Waals surface area contributed by atoms with Gasteiger partial charge >= 0.3 is 5.97 Å². The SMILES string of the molecule is CCC(CN)C(=O)Nc1ccc(OC)cc1C(=O)O. The molecule has 4 N–H and O–H groups in total. The number of methoxy groups -OCH3 is 1. The summed E-state index contributed by atoms with van der Waals surface area (Å²) in [5, 5.41) is 11.7. The molecule has 0 spiro atoms. The predicted octanol–water partition coefficient (Wildman–Crippen LogP) is 1.32. The maximum absolute atomic E-state index is 11.9. The molecule has 0 aromatic heterocycles. The smallest absolute Gasteiger partial charge is 0.337 e. The van der Waals surface area contributed by atoms with Gasteiger partial charge < -0.3 is 20.9 Å². The van der Waals surface area contributed by atoms with Crippen LogP contribution in [-0.2, 0) is 4.79 Å². The molecule has 1 amide bonds. The molecule has 0 aliphatic heterocycles. The average molecular weight is 266 g/mol. The largest absolute Gasteiger partial charge is 0.497 e. The van der Waals surface area contributed by atoms with Crippen LogP contribution in [0.3, 0.4) is 0 Å². The summed E-state index contributed by atoms with van der Waals surface area (Å²) >= 11 is 0. The van der Waals surface area contributed by atoms with E-state index in [1.807, 2.05) is 6.92 Å². The summed E-state index contributed by atoms with van der Waals surface area (Å²) in [6.45, 7) is 2.07. The minimum absolute atomic E-state index is 0.0143. The summed E-state index contributed by atoms with van der Waals surface area (Å²) in [4.78, 5) is 23.0. The number of nitrogens with one attached hydrogen (secondary N) is 1. The second-order valence-electron chi connectivity index (χ2n) is 4.05. The van der Waals surface area contributed by atoms with Crippen molar-refractivity contribution in [2.24, 2.45) is 11.7 Å². The van der Waals surface area contributed by atoms with Gasteiger partial charge in [-0.3, -0.25) is 4.79 Å². The Morgan fingerprint density at radius 3 is 2.63 bits per heavy atom. The Kier molecular flexibility index (Phi) is 5.32. The van der Waals surface area contributed by atoms with E-state index in [9.17, 15) is 9.59 Å². The molecule has 1 atom stereocenters. The van der Waals surface area contributed by atoms with Crippen LogP contribution in [0.15, 0.2) is 18.2 Å². The topological polar surface area (TPSA) is 102 Å². The van der Waals surface area contributed by atoms with Gasteiger partial charge in [-0.05, 0) is 24.6 Å². The molecule has 1 aromatic rings. The van der Waals surface area contributed by atoms with Crippen LogP contribution >= 0.6 is 0 Å². The Balaban J connectivity index is 3.00. The Hall–Kier alpha value is -2.08. The summed E-state index contributed by atoms with van der Waals surface area (Å²) in [6, 6.07) is 4.45. The number of aromatic carboxylic acids is 1. The summed E-state index contributed by atoms with van der Waals surface area (Å²) in [5.74, 6) is -1.32. The third-order valence-corrected chi connectivity index (χ3v) is 2.86. The lowest BCUT2D eigenvalue weighted by Gasteiger charge is -2.14. The second-order valence-corrected chi connectivity index (χ2v) is 4.05. The number of carbonyl (C=O) groups excluding carboxylic acids is 1. The lowest BCUT2D eigenvalue weighted by atomic mass is 10.1. The Morgan fingerprint density at radius 1 is 1.47 bits per heavy atom. The highest BCUT2D eigenvalue weighted by atomic mass is 16.5. The van der Waals surface area contributed by atoms with Gasteiger partial charge in [0.1, 0.15) is 5.75 Å². The number of hydrogen-bond acceptors (Lipinski definition) is 4. The summed E-state index contributed by atoms with van der Waals surface area (Å²) in [6.07, 6.45) is 0.598. The van der Waals surface area contributed by atoms with Crippen molar-refractivity contribution in [2.75, 3.05) is 19.0 Å². The fourth-order valence-electron chi connectivity index (χ4n) is 1.63. The van der Waals surface area contributed by atoms with Gasteiger partial charge in [-0.2, -0.15) is 0 Å². The summed E-state index contributed by atoms with van der Waals surface area (Å²) < 4.78 is 4.96. The van der Waals surface area contributed by atoms with Crippen LogP contribution in [0.4, 0.5) is 5.69 Å². The number of carboxylic acid groups (broad SMARTS) is 1. The van der Waals surface area contributed by atoms with Crippen molar-refractivity contribution in [3.63, 3.8) is 0 Å². The van der Waals surface area contributed by atoms with Gasteiger partial charge in [0.25, 0.3) is 0 Å². The van der Waals surface area contributed by atoms with Crippen LogP contribution in [0.2, 0.25) is 0 Å². The lowest BCUT2D eigenvalue weighted by Crippen LogP contribution is -2.29. The van der Waals surface area contributed by atoms with Gasteiger partial charge in [0, 0.05) is 6.54 Å². The van der Waals surface area contributed by atoms with Crippen LogP contribution in [0.1, 0.15) is 23.7 Å². The van der Waals surface area contributed by atoms with Gasteiger partial charge in [0.2, 0.25) is 5.91 Å². The third-order valence-electron chi connectivity index (χ3n) is 2.86. The second kappa shape index (κ2) is 6.75. The minimum atomic E-state index is -1.13. The van der Waals surface area contributed by atoms with Crippen molar-refractivity contribution in [1.29, 1.82) is 0 Å². The quantitative estimate of drug-likeness (QED) is 0.720. The van der Waals surface area contributed by atoms with Crippen molar-refractivity contribution < 1.29 is 19.4 Å². The number of amides is 1. The Morgan fingerprint density at radius 2 is 2.16 bits per heavy atom. The number of benzene rings is 1. The highest BCUT2D eigenvalue weighted by molar-refractivity contribution is 6.01. The molecule has 0 saturated carbocycles. The molecule has 0 radical (unpaired) electrons. The normalized spacial score (nSPS) is 11.7. The number of hydrogen-bond donors (Lipinski definition) is 3. The molecular weight excluding hydrogens is 248 g/mol. The molecule has 0 aliphatic carbocycles. The number of anilines is 1. The third kappa shape index (κ3) is 3.69. The monoisotopic (exact) mass is 266 g/mol. The van der Waals surface area contributed by atoms with Gasteiger partial charge in [-0.1, -0.05) is 6.92 Å². The number of carbonyl (C=O) groups is 2. The minimum Gasteiger partial charge on any atom is -0.497 e. The van der Waals surface area contributed by atoms with Gasteiger partial charge in [0.15, 0.2) is 0 Å². The van der Waals surface area contributed by atoms with Gasteiger partial charge in [0.05, 0.1) is 24.3 Å². The van der Waals surface area contributed by atoms with Crippen LogP contribution in [-0.4, -0.2) is 30.6 Å². The molecule has 0 fully saturated rings. The summed E-state index contributed by atoms with van der Waals surface area (Å²) in [7, 11) is 1.45. The number of carboxylic acids is 1. The standard InChI is InChI=1S/C13H18N2O4/c1-3-8(7-14)12(16)15-11-5-4-9(19-2)6-10(11)13(17)18/h4-6,8H,3,7,14H2,1-2H3,(H,15,16)(H,17,18). The molecular formula is C13H18N2O4. The van der Waals surface area contributed by atoms with E-state index < -0.39 is 5.97 Å². The van der Waals surface area contributed by atoms with Crippen LogP contribution in [0.25, 0.3) is 0 Å². The predicted molar refractivity (Wildman–Crippen MR) is 71.4 cm³/mol. The molecule has 6 heteroatoms. The zero-order valence-corrected chi connectivity index (χ0v) is 11.0. The Labute approximate surface area is 111 Å². The van der Waals surface area contributed by atoms with Crippen LogP contribution < -0.4 is 15.8 Å². The molecule has 0 aliphatic rings. The maximum Gasteiger partial charge on any atom is 0.337 e. The van der Waals surface area contributed by atoms with Crippen molar-refractivity contribution in [2.45, 2.75) is 13.3 Å². The molecule has 104 valence electrons. The molecule has 1 unspecified atom stereocenters. The first kappa shape index (κ1) is 15.0. The van der Waals surface area contributed by atoms with E-state index >= 15 is 0 Å². The Bertz CT molecular complexity index is 470. The first-order chi connectivity index (χ1) is 9.03. The van der Waals surface area contributed by atoms with Crippen molar-refractivity contribution in [3.05, 3.63) is 23.8 Å². The zero-order chi connectivity index (χ0) is 14.4. The van der Waals surface area contributed by atoms with Crippen LogP contribution in [0.5, 0.6) is 5.75 Å². The van der Waals surface area contributed by atoms with E-state index in [-0.39, 0.29) is 29.6 Å². The number of rotatable bonds is 6. The zero-order valence-electron chi connectivity index (χ0n) is 11.0. The lowest BCUT2D eigenvalue weighted by molar-refractivity contribution is -0.119. The maximum atomic E-state index is 11.9. The van der Waals surface area contributed by atoms with E-state index in [0.717, 1.165) is 0 Å². The number of nitrogens with two attached hydrogens (primary N) is 1. The molecule has 0 bridgehead atoms. The molecule has 1 aromatic carbocycles.